The number of ether oxygens (including phenoxy) is 3. The van der Waals surface area contributed by atoms with E-state index in [9.17, 15) is 5.11 Å². The SMILES string of the molecule is CC(O)OC1CCC(C(C)(C)C2CCC(OC(C)OC3CCC(C(CC(C)(C)C)C(C)(C)C)CC3)CC2)CC1. The zero-order chi connectivity index (χ0) is 29.0. The molecule has 39 heavy (non-hydrogen) atoms. The molecular formula is C35H66O4. The van der Waals surface area contributed by atoms with Gasteiger partial charge < -0.3 is 19.3 Å². The van der Waals surface area contributed by atoms with E-state index in [1.165, 1.54) is 57.8 Å². The van der Waals surface area contributed by atoms with E-state index in [4.69, 9.17) is 14.2 Å². The molecule has 0 aromatic heterocycles. The van der Waals surface area contributed by atoms with Crippen molar-refractivity contribution in [2.75, 3.05) is 0 Å². The number of hydrogen-bond acceptors (Lipinski definition) is 4. The number of aliphatic hydroxyl groups excluding tert-OH is 1. The minimum atomic E-state index is -0.643. The van der Waals surface area contributed by atoms with Crippen LogP contribution in [0.4, 0.5) is 0 Å². The highest BCUT2D eigenvalue weighted by atomic mass is 16.7. The normalized spacial score (nSPS) is 33.9. The average molecular weight is 551 g/mol. The fourth-order valence-corrected chi connectivity index (χ4v) is 8.54. The Bertz CT molecular complexity index is 693. The second-order valence-electron chi connectivity index (χ2n) is 16.6. The first kappa shape index (κ1) is 33.3. The van der Waals surface area contributed by atoms with E-state index >= 15 is 0 Å². The molecule has 4 nitrogen and oxygen atoms in total. The van der Waals surface area contributed by atoms with Gasteiger partial charge in [0.1, 0.15) is 0 Å². The minimum absolute atomic E-state index is 0.0988. The van der Waals surface area contributed by atoms with E-state index in [1.807, 2.05) is 0 Å². The monoisotopic (exact) mass is 550 g/mol. The lowest BCUT2D eigenvalue weighted by molar-refractivity contribution is -0.200. The average Bonchev–Trinajstić information content (AvgIpc) is 2.82. The smallest absolute Gasteiger partial charge is 0.155 e. The second kappa shape index (κ2) is 13.9. The highest BCUT2D eigenvalue weighted by Gasteiger charge is 2.41. The van der Waals surface area contributed by atoms with Gasteiger partial charge in [0.05, 0.1) is 18.3 Å². The number of aliphatic hydroxyl groups is 1. The molecule has 0 radical (unpaired) electrons. The molecule has 3 rings (SSSR count). The van der Waals surface area contributed by atoms with E-state index in [-0.39, 0.29) is 12.4 Å². The molecular weight excluding hydrogens is 484 g/mol. The van der Waals surface area contributed by atoms with Gasteiger partial charge in [-0.2, -0.15) is 0 Å². The van der Waals surface area contributed by atoms with Crippen LogP contribution < -0.4 is 0 Å². The van der Waals surface area contributed by atoms with Crippen molar-refractivity contribution in [2.45, 2.75) is 184 Å². The summed E-state index contributed by atoms with van der Waals surface area (Å²) in [5.41, 5.74) is 1.11. The Morgan fingerprint density at radius 2 is 0.974 bits per heavy atom. The molecule has 0 aliphatic heterocycles. The first-order chi connectivity index (χ1) is 18.0. The van der Waals surface area contributed by atoms with Gasteiger partial charge in [0.2, 0.25) is 0 Å². The van der Waals surface area contributed by atoms with Crippen LogP contribution in [-0.4, -0.2) is 36.0 Å². The predicted molar refractivity (Wildman–Crippen MR) is 162 cm³/mol. The van der Waals surface area contributed by atoms with E-state index in [1.54, 1.807) is 6.92 Å². The van der Waals surface area contributed by atoms with Gasteiger partial charge in [0, 0.05) is 0 Å². The molecule has 0 spiro atoms. The molecule has 0 heterocycles. The zero-order valence-electron chi connectivity index (χ0n) is 27.6. The Morgan fingerprint density at radius 3 is 1.33 bits per heavy atom. The Morgan fingerprint density at radius 1 is 0.590 bits per heavy atom. The van der Waals surface area contributed by atoms with Crippen LogP contribution in [-0.2, 0) is 14.2 Å². The van der Waals surface area contributed by atoms with Crippen LogP contribution >= 0.6 is 0 Å². The Hall–Kier alpha value is -0.160. The van der Waals surface area contributed by atoms with E-state index in [2.05, 4.69) is 62.3 Å². The van der Waals surface area contributed by atoms with E-state index in [0.29, 0.717) is 28.5 Å². The van der Waals surface area contributed by atoms with E-state index in [0.717, 1.165) is 49.4 Å². The third kappa shape index (κ3) is 10.3. The Labute approximate surface area is 242 Å². The largest absolute Gasteiger partial charge is 0.368 e. The molecule has 0 aromatic carbocycles. The standard InChI is InChI=1S/C35H66O4/c1-24(36)37-29-19-13-27(14-20-29)35(9,10)28-15-21-31(22-16-28)39-25(2)38-30-17-11-26(12-18-30)32(34(6,7)8)23-33(3,4)5/h24-32,36H,11-23H2,1-10H3. The molecule has 0 saturated heterocycles. The van der Waals surface area contributed by atoms with Crippen molar-refractivity contribution in [1.82, 2.24) is 0 Å². The minimum Gasteiger partial charge on any atom is -0.368 e. The molecule has 3 fully saturated rings. The summed E-state index contributed by atoms with van der Waals surface area (Å²) in [4.78, 5) is 0. The van der Waals surface area contributed by atoms with Crippen molar-refractivity contribution in [3.8, 4) is 0 Å². The van der Waals surface area contributed by atoms with Gasteiger partial charge in [-0.05, 0) is 137 Å². The maximum absolute atomic E-state index is 9.56. The topological polar surface area (TPSA) is 47.9 Å². The van der Waals surface area contributed by atoms with Crippen LogP contribution in [0.5, 0.6) is 0 Å². The maximum Gasteiger partial charge on any atom is 0.155 e. The van der Waals surface area contributed by atoms with Crippen LogP contribution in [0, 0.1) is 39.9 Å². The predicted octanol–water partition coefficient (Wildman–Crippen LogP) is 9.52. The molecule has 3 aliphatic carbocycles. The van der Waals surface area contributed by atoms with E-state index < -0.39 is 6.29 Å². The van der Waals surface area contributed by atoms with Crippen molar-refractivity contribution < 1.29 is 19.3 Å². The van der Waals surface area contributed by atoms with Gasteiger partial charge in [-0.3, -0.25) is 0 Å². The summed E-state index contributed by atoms with van der Waals surface area (Å²) in [6, 6.07) is 0. The van der Waals surface area contributed by atoms with Gasteiger partial charge in [0.25, 0.3) is 0 Å². The zero-order valence-corrected chi connectivity index (χ0v) is 27.6. The van der Waals surface area contributed by atoms with Crippen LogP contribution in [0.2, 0.25) is 0 Å². The third-order valence-corrected chi connectivity index (χ3v) is 10.8. The van der Waals surface area contributed by atoms with Crippen LogP contribution in [0.3, 0.4) is 0 Å². The molecule has 1 N–H and O–H groups in total. The molecule has 0 bridgehead atoms. The van der Waals surface area contributed by atoms with Gasteiger partial charge in [-0.1, -0.05) is 55.4 Å². The summed E-state index contributed by atoms with van der Waals surface area (Å²) in [7, 11) is 0. The van der Waals surface area contributed by atoms with Crippen LogP contribution in [0.1, 0.15) is 153 Å². The Kier molecular flexibility index (Phi) is 11.9. The first-order valence-corrected chi connectivity index (χ1v) is 16.7. The molecule has 3 atom stereocenters. The fourth-order valence-electron chi connectivity index (χ4n) is 8.54. The molecule has 3 saturated carbocycles. The summed E-state index contributed by atoms with van der Waals surface area (Å²) >= 11 is 0. The molecule has 3 unspecified atom stereocenters. The van der Waals surface area contributed by atoms with Gasteiger partial charge in [0.15, 0.2) is 12.6 Å². The Balaban J connectivity index is 1.38. The van der Waals surface area contributed by atoms with Crippen molar-refractivity contribution in [3.05, 3.63) is 0 Å². The van der Waals surface area contributed by atoms with Gasteiger partial charge in [-0.25, -0.2) is 0 Å². The van der Waals surface area contributed by atoms with Crippen molar-refractivity contribution >= 4 is 0 Å². The van der Waals surface area contributed by atoms with Crippen molar-refractivity contribution in [3.63, 3.8) is 0 Å². The maximum atomic E-state index is 9.56. The number of hydrogen-bond donors (Lipinski definition) is 1. The molecule has 3 aliphatic rings. The molecule has 0 amide bonds. The molecule has 230 valence electrons. The fraction of sp³-hybridized carbons (Fsp3) is 1.00. The molecule has 0 aromatic rings. The van der Waals surface area contributed by atoms with Crippen LogP contribution in [0.15, 0.2) is 0 Å². The lowest BCUT2D eigenvalue weighted by Crippen LogP contribution is -2.40. The second-order valence-corrected chi connectivity index (χ2v) is 16.6. The first-order valence-electron chi connectivity index (χ1n) is 16.7. The summed E-state index contributed by atoms with van der Waals surface area (Å²) in [6.45, 7) is 23.4. The number of rotatable bonds is 10. The summed E-state index contributed by atoms with van der Waals surface area (Å²) in [5.74, 6) is 3.12. The third-order valence-electron chi connectivity index (χ3n) is 10.8. The van der Waals surface area contributed by atoms with Gasteiger partial charge >= 0.3 is 0 Å². The highest BCUT2D eigenvalue weighted by molar-refractivity contribution is 4.91. The van der Waals surface area contributed by atoms with Gasteiger partial charge in [-0.15, -0.1) is 0 Å². The quantitative estimate of drug-likeness (QED) is 0.275. The van der Waals surface area contributed by atoms with Crippen LogP contribution in [0.25, 0.3) is 0 Å². The molecule has 4 heteroatoms. The van der Waals surface area contributed by atoms with Crippen molar-refractivity contribution in [1.29, 1.82) is 0 Å². The summed E-state index contributed by atoms with van der Waals surface area (Å²) < 4.78 is 18.6. The van der Waals surface area contributed by atoms with Crippen molar-refractivity contribution in [2.24, 2.45) is 39.9 Å². The lowest BCUT2D eigenvalue weighted by atomic mass is 9.60. The summed E-state index contributed by atoms with van der Waals surface area (Å²) in [6.07, 6.45) is 15.9. The highest BCUT2D eigenvalue weighted by Crippen LogP contribution is 2.49. The lowest BCUT2D eigenvalue weighted by Gasteiger charge is -2.47. The summed E-state index contributed by atoms with van der Waals surface area (Å²) in [5, 5.41) is 9.56.